The van der Waals surface area contributed by atoms with Gasteiger partial charge in [-0.2, -0.15) is 0 Å². The first-order valence-corrected chi connectivity index (χ1v) is 4.76. The highest BCUT2D eigenvalue weighted by atomic mass is 16.6. The van der Waals surface area contributed by atoms with Crippen LogP contribution in [0.5, 0.6) is 0 Å². The minimum Gasteiger partial charge on any atom is -0.258 e. The maximum absolute atomic E-state index is 10.6. The average molecular weight is 193 g/mol. The molecule has 0 heterocycles. The molecule has 0 aliphatic heterocycles. The molecule has 1 unspecified atom stereocenters. The predicted molar refractivity (Wildman–Crippen MR) is 56.3 cm³/mol. The van der Waals surface area contributed by atoms with Crippen LogP contribution in [0.4, 0.5) is 5.69 Å². The Morgan fingerprint density at radius 3 is 2.43 bits per heavy atom. The van der Waals surface area contributed by atoms with Crippen molar-refractivity contribution in [2.45, 2.75) is 26.7 Å². The normalized spacial score (nSPS) is 12.9. The minimum atomic E-state index is -0.351. The van der Waals surface area contributed by atoms with E-state index in [9.17, 15) is 10.1 Å². The summed E-state index contributed by atoms with van der Waals surface area (Å²) in [6.07, 6.45) is 0. The summed E-state index contributed by atoms with van der Waals surface area (Å²) in [7, 11) is 0. The Kier molecular flexibility index (Phi) is 3.23. The topological polar surface area (TPSA) is 43.1 Å². The van der Waals surface area contributed by atoms with Gasteiger partial charge in [-0.15, -0.1) is 0 Å². The van der Waals surface area contributed by atoms with Crippen LogP contribution >= 0.6 is 0 Å². The van der Waals surface area contributed by atoms with Crippen LogP contribution in [-0.4, -0.2) is 4.92 Å². The number of nitro benzene ring substituents is 1. The van der Waals surface area contributed by atoms with E-state index in [1.807, 2.05) is 6.07 Å². The highest BCUT2D eigenvalue weighted by Gasteiger charge is 2.13. The second-order valence-corrected chi connectivity index (χ2v) is 3.88. The highest BCUT2D eigenvalue weighted by molar-refractivity contribution is 5.35. The van der Waals surface area contributed by atoms with Gasteiger partial charge in [0.15, 0.2) is 0 Å². The van der Waals surface area contributed by atoms with E-state index in [0.29, 0.717) is 11.8 Å². The van der Waals surface area contributed by atoms with Crippen molar-refractivity contribution in [3.05, 3.63) is 39.9 Å². The van der Waals surface area contributed by atoms with Crippen molar-refractivity contribution in [2.24, 2.45) is 5.92 Å². The molecule has 1 rings (SSSR count). The Morgan fingerprint density at radius 2 is 1.93 bits per heavy atom. The molecule has 0 amide bonds. The minimum absolute atomic E-state index is 0.176. The summed E-state index contributed by atoms with van der Waals surface area (Å²) in [5, 5.41) is 10.6. The Morgan fingerprint density at radius 1 is 1.29 bits per heavy atom. The molecule has 3 nitrogen and oxygen atoms in total. The third kappa shape index (κ3) is 2.31. The van der Waals surface area contributed by atoms with Crippen molar-refractivity contribution in [3.8, 4) is 0 Å². The van der Waals surface area contributed by atoms with Crippen LogP contribution in [0, 0.1) is 16.0 Å². The Hall–Kier alpha value is -1.38. The lowest BCUT2D eigenvalue weighted by molar-refractivity contribution is -0.384. The van der Waals surface area contributed by atoms with E-state index in [4.69, 9.17) is 0 Å². The Balaban J connectivity index is 2.99. The number of non-ortho nitro benzene ring substituents is 1. The molecule has 0 bridgehead atoms. The number of hydrogen-bond donors (Lipinski definition) is 0. The summed E-state index contributed by atoms with van der Waals surface area (Å²) in [5.74, 6) is 0.854. The van der Waals surface area contributed by atoms with E-state index < -0.39 is 0 Å². The fourth-order valence-corrected chi connectivity index (χ4v) is 1.31. The molecule has 0 saturated carbocycles. The van der Waals surface area contributed by atoms with Gasteiger partial charge in [0.05, 0.1) is 4.92 Å². The van der Waals surface area contributed by atoms with E-state index in [0.717, 1.165) is 5.56 Å². The number of rotatable bonds is 3. The molecule has 3 heteroatoms. The molecular weight excluding hydrogens is 178 g/mol. The third-order valence-corrected chi connectivity index (χ3v) is 2.61. The number of nitrogens with zero attached hydrogens (tertiary/aromatic N) is 1. The molecule has 0 aliphatic rings. The molecule has 0 fully saturated rings. The first kappa shape index (κ1) is 10.7. The maximum atomic E-state index is 10.6. The first-order valence-electron chi connectivity index (χ1n) is 4.76. The second-order valence-electron chi connectivity index (χ2n) is 3.88. The van der Waals surface area contributed by atoms with Gasteiger partial charge in [-0.05, 0) is 17.4 Å². The van der Waals surface area contributed by atoms with E-state index in [2.05, 4.69) is 20.8 Å². The number of benzene rings is 1. The fourth-order valence-electron chi connectivity index (χ4n) is 1.31. The van der Waals surface area contributed by atoms with Gasteiger partial charge in [-0.1, -0.05) is 32.9 Å². The third-order valence-electron chi connectivity index (χ3n) is 2.61. The van der Waals surface area contributed by atoms with E-state index in [1.165, 1.54) is 6.07 Å². The van der Waals surface area contributed by atoms with Gasteiger partial charge in [0.25, 0.3) is 5.69 Å². The SMILES string of the molecule is CC(C)C(C)c1cccc([N+](=O)[O-])c1. The van der Waals surface area contributed by atoms with Crippen LogP contribution in [0.2, 0.25) is 0 Å². The average Bonchev–Trinajstić information content (AvgIpc) is 2.16. The molecule has 0 N–H and O–H groups in total. The Bertz CT molecular complexity index is 334. The molecule has 1 atom stereocenters. The molecule has 1 aromatic carbocycles. The van der Waals surface area contributed by atoms with Crippen molar-refractivity contribution in [3.63, 3.8) is 0 Å². The van der Waals surface area contributed by atoms with Gasteiger partial charge in [-0.3, -0.25) is 10.1 Å². The smallest absolute Gasteiger partial charge is 0.258 e. The zero-order valence-electron chi connectivity index (χ0n) is 8.73. The van der Waals surface area contributed by atoms with Gasteiger partial charge >= 0.3 is 0 Å². The lowest BCUT2D eigenvalue weighted by Gasteiger charge is -2.15. The van der Waals surface area contributed by atoms with Crippen molar-refractivity contribution < 1.29 is 4.92 Å². The van der Waals surface area contributed by atoms with Crippen LogP contribution < -0.4 is 0 Å². The molecule has 76 valence electrons. The van der Waals surface area contributed by atoms with Crippen LogP contribution in [-0.2, 0) is 0 Å². The monoisotopic (exact) mass is 193 g/mol. The van der Waals surface area contributed by atoms with Gasteiger partial charge in [0.2, 0.25) is 0 Å². The van der Waals surface area contributed by atoms with E-state index in [-0.39, 0.29) is 10.6 Å². The zero-order chi connectivity index (χ0) is 10.7. The summed E-state index contributed by atoms with van der Waals surface area (Å²) >= 11 is 0. The maximum Gasteiger partial charge on any atom is 0.269 e. The zero-order valence-corrected chi connectivity index (χ0v) is 8.73. The summed E-state index contributed by atoms with van der Waals surface area (Å²) in [6.45, 7) is 6.32. The van der Waals surface area contributed by atoms with Gasteiger partial charge < -0.3 is 0 Å². The molecule has 0 saturated heterocycles. The van der Waals surface area contributed by atoms with Crippen molar-refractivity contribution in [2.75, 3.05) is 0 Å². The van der Waals surface area contributed by atoms with Gasteiger partial charge in [0.1, 0.15) is 0 Å². The van der Waals surface area contributed by atoms with Crippen LogP contribution in [0.3, 0.4) is 0 Å². The van der Waals surface area contributed by atoms with Gasteiger partial charge in [-0.25, -0.2) is 0 Å². The number of nitro groups is 1. The van der Waals surface area contributed by atoms with Crippen LogP contribution in [0.1, 0.15) is 32.3 Å². The quantitative estimate of drug-likeness (QED) is 0.545. The molecular formula is C11H15NO2. The fraction of sp³-hybridized carbons (Fsp3) is 0.455. The molecule has 0 aliphatic carbocycles. The van der Waals surface area contributed by atoms with E-state index in [1.54, 1.807) is 12.1 Å². The van der Waals surface area contributed by atoms with Crippen LogP contribution in [0.15, 0.2) is 24.3 Å². The standard InChI is InChI=1S/C11H15NO2/c1-8(2)9(3)10-5-4-6-11(7-10)12(13)14/h4-9H,1-3H3. The van der Waals surface area contributed by atoms with Gasteiger partial charge in [0, 0.05) is 12.1 Å². The highest BCUT2D eigenvalue weighted by Crippen LogP contribution is 2.26. The molecule has 14 heavy (non-hydrogen) atoms. The summed E-state index contributed by atoms with van der Waals surface area (Å²) in [5.41, 5.74) is 1.21. The van der Waals surface area contributed by atoms with Crippen molar-refractivity contribution in [1.82, 2.24) is 0 Å². The molecule has 0 aromatic heterocycles. The predicted octanol–water partition coefficient (Wildman–Crippen LogP) is 3.35. The van der Waals surface area contributed by atoms with Crippen molar-refractivity contribution >= 4 is 5.69 Å². The lowest BCUT2D eigenvalue weighted by Crippen LogP contribution is -2.02. The largest absolute Gasteiger partial charge is 0.269 e. The lowest BCUT2D eigenvalue weighted by atomic mass is 9.90. The summed E-state index contributed by atoms with van der Waals surface area (Å²) in [6, 6.07) is 6.87. The van der Waals surface area contributed by atoms with E-state index >= 15 is 0 Å². The number of hydrogen-bond acceptors (Lipinski definition) is 2. The molecule has 1 aromatic rings. The van der Waals surface area contributed by atoms with Crippen molar-refractivity contribution in [1.29, 1.82) is 0 Å². The molecule has 0 radical (unpaired) electrons. The van der Waals surface area contributed by atoms with Crippen LogP contribution in [0.25, 0.3) is 0 Å². The summed E-state index contributed by atoms with van der Waals surface area (Å²) in [4.78, 5) is 10.2. The Labute approximate surface area is 83.9 Å². The second kappa shape index (κ2) is 4.22. The summed E-state index contributed by atoms with van der Waals surface area (Å²) < 4.78 is 0. The first-order chi connectivity index (χ1) is 6.52. The molecule has 0 spiro atoms.